The predicted molar refractivity (Wildman–Crippen MR) is 96.2 cm³/mol. The van der Waals surface area contributed by atoms with E-state index in [1.807, 2.05) is 31.2 Å². The number of carbonyl (C=O) groups is 1. The molecule has 0 bridgehead atoms. The average molecular weight is 360 g/mol. The van der Waals surface area contributed by atoms with Gasteiger partial charge in [-0.25, -0.2) is 0 Å². The Morgan fingerprint density at radius 1 is 1.08 bits per heavy atom. The standard InChI is InChI=1S/C20H19F3N2O/c1-13-4-8-17(9-5-13)24(3)19(26)14(2)25-11-10-15-6-7-16(12-18(15)25)20(21,22)23/h4-12,14H,1-3H3/t14-/m1/s1. The van der Waals surface area contributed by atoms with Crippen molar-refractivity contribution in [2.75, 3.05) is 11.9 Å². The van der Waals surface area contributed by atoms with Crippen LogP contribution < -0.4 is 4.90 Å². The highest BCUT2D eigenvalue weighted by atomic mass is 19.4. The van der Waals surface area contributed by atoms with Gasteiger partial charge in [0.25, 0.3) is 0 Å². The van der Waals surface area contributed by atoms with Gasteiger partial charge in [0.2, 0.25) is 5.91 Å². The van der Waals surface area contributed by atoms with E-state index in [-0.39, 0.29) is 5.91 Å². The number of benzene rings is 2. The lowest BCUT2D eigenvalue weighted by Crippen LogP contribution is -2.32. The van der Waals surface area contributed by atoms with Crippen molar-refractivity contribution in [3.05, 3.63) is 65.9 Å². The number of aromatic nitrogens is 1. The summed E-state index contributed by atoms with van der Waals surface area (Å²) in [6.07, 6.45) is -2.77. The van der Waals surface area contributed by atoms with Crippen LogP contribution in [0.5, 0.6) is 0 Å². The van der Waals surface area contributed by atoms with Crippen molar-refractivity contribution in [1.82, 2.24) is 4.57 Å². The van der Waals surface area contributed by atoms with E-state index >= 15 is 0 Å². The number of carbonyl (C=O) groups excluding carboxylic acids is 1. The largest absolute Gasteiger partial charge is 0.416 e. The SMILES string of the molecule is Cc1ccc(N(C)C(=O)[C@@H](C)n2ccc3ccc(C(F)(F)F)cc32)cc1. The fraction of sp³-hybridized carbons (Fsp3) is 0.250. The van der Waals surface area contributed by atoms with Crippen LogP contribution in [0.4, 0.5) is 18.9 Å². The Labute approximate surface area is 149 Å². The van der Waals surface area contributed by atoms with Crippen LogP contribution in [0.25, 0.3) is 10.9 Å². The van der Waals surface area contributed by atoms with E-state index in [1.165, 1.54) is 11.0 Å². The third-order valence-corrected chi connectivity index (χ3v) is 4.58. The molecule has 3 rings (SSSR count). The van der Waals surface area contributed by atoms with E-state index in [2.05, 4.69) is 0 Å². The van der Waals surface area contributed by atoms with E-state index in [0.717, 1.165) is 23.4 Å². The summed E-state index contributed by atoms with van der Waals surface area (Å²) in [7, 11) is 1.66. The van der Waals surface area contributed by atoms with Gasteiger partial charge in [-0.3, -0.25) is 4.79 Å². The first kappa shape index (κ1) is 18.0. The van der Waals surface area contributed by atoms with Crippen LogP contribution >= 0.6 is 0 Å². The lowest BCUT2D eigenvalue weighted by Gasteiger charge is -2.23. The van der Waals surface area contributed by atoms with E-state index in [1.54, 1.807) is 30.8 Å². The quantitative estimate of drug-likeness (QED) is 0.631. The van der Waals surface area contributed by atoms with Crippen molar-refractivity contribution in [1.29, 1.82) is 0 Å². The fourth-order valence-corrected chi connectivity index (χ4v) is 2.96. The smallest absolute Gasteiger partial charge is 0.335 e. The molecule has 0 fully saturated rings. The van der Waals surface area contributed by atoms with Gasteiger partial charge < -0.3 is 9.47 Å². The van der Waals surface area contributed by atoms with Gasteiger partial charge in [0, 0.05) is 24.4 Å². The molecule has 1 aromatic heterocycles. The minimum atomic E-state index is -4.42. The molecular formula is C20H19F3N2O. The van der Waals surface area contributed by atoms with Gasteiger partial charge in [0.05, 0.1) is 5.56 Å². The van der Waals surface area contributed by atoms with Crippen molar-refractivity contribution < 1.29 is 18.0 Å². The number of likely N-dealkylation sites (N-methyl/N-ethyl adjacent to an activating group) is 1. The molecule has 0 N–H and O–H groups in total. The molecule has 6 heteroatoms. The molecule has 26 heavy (non-hydrogen) atoms. The van der Waals surface area contributed by atoms with Crippen LogP contribution in [0.15, 0.2) is 54.7 Å². The van der Waals surface area contributed by atoms with Gasteiger partial charge in [0.1, 0.15) is 6.04 Å². The zero-order valence-corrected chi connectivity index (χ0v) is 14.7. The van der Waals surface area contributed by atoms with Crippen LogP contribution in [0, 0.1) is 6.92 Å². The molecule has 0 aliphatic rings. The highest BCUT2D eigenvalue weighted by molar-refractivity contribution is 5.96. The second kappa shape index (κ2) is 6.52. The molecule has 0 aliphatic heterocycles. The number of halogens is 3. The Hall–Kier alpha value is -2.76. The molecule has 0 unspecified atom stereocenters. The molecule has 0 saturated heterocycles. The number of nitrogens with zero attached hydrogens (tertiary/aromatic N) is 2. The topological polar surface area (TPSA) is 25.2 Å². The molecule has 0 aliphatic carbocycles. The number of rotatable bonds is 3. The van der Waals surface area contributed by atoms with Gasteiger partial charge >= 0.3 is 6.18 Å². The Morgan fingerprint density at radius 2 is 1.73 bits per heavy atom. The third-order valence-electron chi connectivity index (χ3n) is 4.58. The molecule has 2 aromatic carbocycles. The minimum absolute atomic E-state index is 0.205. The lowest BCUT2D eigenvalue weighted by atomic mass is 10.1. The van der Waals surface area contributed by atoms with Gasteiger partial charge in [0.15, 0.2) is 0 Å². The van der Waals surface area contributed by atoms with Gasteiger partial charge in [-0.2, -0.15) is 13.2 Å². The first-order chi connectivity index (χ1) is 12.2. The fourth-order valence-electron chi connectivity index (χ4n) is 2.96. The second-order valence-corrected chi connectivity index (χ2v) is 6.40. The zero-order chi connectivity index (χ0) is 19.1. The highest BCUT2D eigenvalue weighted by Crippen LogP contribution is 2.32. The molecule has 1 atom stereocenters. The summed E-state index contributed by atoms with van der Waals surface area (Å²) in [6.45, 7) is 3.64. The Kier molecular flexibility index (Phi) is 4.52. The molecule has 1 heterocycles. The second-order valence-electron chi connectivity index (χ2n) is 6.40. The van der Waals surface area contributed by atoms with Crippen LogP contribution in [-0.4, -0.2) is 17.5 Å². The van der Waals surface area contributed by atoms with E-state index in [0.29, 0.717) is 10.9 Å². The summed E-state index contributed by atoms with van der Waals surface area (Å²) in [4.78, 5) is 14.4. The number of alkyl halides is 3. The number of anilines is 1. The predicted octanol–water partition coefficient (Wildman–Crippen LogP) is 5.19. The van der Waals surface area contributed by atoms with Crippen LogP contribution in [0.1, 0.15) is 24.1 Å². The van der Waals surface area contributed by atoms with E-state index in [9.17, 15) is 18.0 Å². The minimum Gasteiger partial charge on any atom is -0.335 e. The van der Waals surface area contributed by atoms with Crippen molar-refractivity contribution in [2.24, 2.45) is 0 Å². The normalized spacial score (nSPS) is 13.0. The maximum absolute atomic E-state index is 13.0. The molecule has 0 radical (unpaired) electrons. The maximum Gasteiger partial charge on any atom is 0.416 e. The summed E-state index contributed by atoms with van der Waals surface area (Å²) in [5.41, 5.74) is 1.48. The molecule has 136 valence electrons. The monoisotopic (exact) mass is 360 g/mol. The van der Waals surface area contributed by atoms with E-state index in [4.69, 9.17) is 0 Å². The van der Waals surface area contributed by atoms with Gasteiger partial charge in [-0.1, -0.05) is 23.8 Å². The summed E-state index contributed by atoms with van der Waals surface area (Å²) in [5, 5.41) is 0.663. The first-order valence-electron chi connectivity index (χ1n) is 8.20. The average Bonchev–Trinajstić information content (AvgIpc) is 3.03. The Balaban J connectivity index is 1.94. The maximum atomic E-state index is 13.0. The van der Waals surface area contributed by atoms with Crippen molar-refractivity contribution in [2.45, 2.75) is 26.1 Å². The van der Waals surface area contributed by atoms with Crippen molar-refractivity contribution in [3.8, 4) is 0 Å². The number of aryl methyl sites for hydroxylation is 1. The van der Waals surface area contributed by atoms with Crippen LogP contribution in [-0.2, 0) is 11.0 Å². The molecular weight excluding hydrogens is 341 g/mol. The van der Waals surface area contributed by atoms with Crippen molar-refractivity contribution >= 4 is 22.5 Å². The summed E-state index contributed by atoms with van der Waals surface area (Å²) in [5.74, 6) is -0.205. The van der Waals surface area contributed by atoms with Gasteiger partial charge in [-0.05, 0) is 49.6 Å². The lowest BCUT2D eigenvalue weighted by molar-refractivity contribution is -0.137. The number of hydrogen-bond acceptors (Lipinski definition) is 1. The summed E-state index contributed by atoms with van der Waals surface area (Å²) >= 11 is 0. The molecule has 3 aromatic rings. The zero-order valence-electron chi connectivity index (χ0n) is 14.7. The Morgan fingerprint density at radius 3 is 2.35 bits per heavy atom. The van der Waals surface area contributed by atoms with Crippen LogP contribution in [0.2, 0.25) is 0 Å². The van der Waals surface area contributed by atoms with Gasteiger partial charge in [-0.15, -0.1) is 0 Å². The molecule has 3 nitrogen and oxygen atoms in total. The molecule has 1 amide bonds. The third kappa shape index (κ3) is 3.31. The van der Waals surface area contributed by atoms with Crippen molar-refractivity contribution in [3.63, 3.8) is 0 Å². The van der Waals surface area contributed by atoms with Crippen LogP contribution in [0.3, 0.4) is 0 Å². The Bertz CT molecular complexity index is 942. The highest BCUT2D eigenvalue weighted by Gasteiger charge is 2.31. The summed E-state index contributed by atoms with van der Waals surface area (Å²) < 4.78 is 40.6. The van der Waals surface area contributed by atoms with E-state index < -0.39 is 17.8 Å². The molecule has 0 saturated carbocycles. The number of fused-ring (bicyclic) bond motifs is 1. The molecule has 0 spiro atoms. The number of amides is 1. The number of hydrogen-bond donors (Lipinski definition) is 0. The summed E-state index contributed by atoms with van der Waals surface area (Å²) in [6, 6.07) is 12.1. The first-order valence-corrected chi connectivity index (χ1v) is 8.20.